The Kier molecular flexibility index (Phi) is 4.86. The summed E-state index contributed by atoms with van der Waals surface area (Å²) in [5.41, 5.74) is 1.11. The van der Waals surface area contributed by atoms with Gasteiger partial charge >= 0.3 is 0 Å². The van der Waals surface area contributed by atoms with Crippen LogP contribution in [0.3, 0.4) is 0 Å². The second kappa shape index (κ2) is 7.63. The SMILES string of the molecule is CC(C)c1noc(-c2cccnc2-n2cnc(C(=O)Nc3cccc(F)c3)c2)n1. The van der Waals surface area contributed by atoms with Gasteiger partial charge in [-0.2, -0.15) is 4.98 Å². The van der Waals surface area contributed by atoms with E-state index in [1.807, 2.05) is 13.8 Å². The molecule has 1 amide bonds. The highest BCUT2D eigenvalue weighted by atomic mass is 19.1. The van der Waals surface area contributed by atoms with E-state index in [4.69, 9.17) is 4.52 Å². The number of nitrogens with zero attached hydrogens (tertiary/aromatic N) is 5. The lowest BCUT2D eigenvalue weighted by Crippen LogP contribution is -2.12. The van der Waals surface area contributed by atoms with Crippen molar-refractivity contribution in [3.8, 4) is 17.3 Å². The Hall–Kier alpha value is -3.88. The molecule has 146 valence electrons. The van der Waals surface area contributed by atoms with Crippen molar-refractivity contribution in [2.24, 2.45) is 0 Å². The molecular weight excluding hydrogens is 375 g/mol. The summed E-state index contributed by atoms with van der Waals surface area (Å²) < 4.78 is 20.3. The number of carbonyl (C=O) groups is 1. The quantitative estimate of drug-likeness (QED) is 0.554. The summed E-state index contributed by atoms with van der Waals surface area (Å²) in [6.45, 7) is 3.94. The number of amides is 1. The number of nitrogens with one attached hydrogen (secondary N) is 1. The molecule has 1 aromatic carbocycles. The van der Waals surface area contributed by atoms with Crippen LogP contribution in [0, 0.1) is 5.82 Å². The van der Waals surface area contributed by atoms with Crippen molar-refractivity contribution in [1.82, 2.24) is 24.7 Å². The van der Waals surface area contributed by atoms with Crippen LogP contribution in [0.4, 0.5) is 10.1 Å². The molecule has 0 fully saturated rings. The first-order valence-electron chi connectivity index (χ1n) is 8.91. The number of pyridine rings is 1. The Bertz CT molecular complexity index is 1170. The molecule has 9 heteroatoms. The van der Waals surface area contributed by atoms with Crippen LogP contribution in [-0.4, -0.2) is 30.6 Å². The highest BCUT2D eigenvalue weighted by Gasteiger charge is 2.18. The first-order valence-corrected chi connectivity index (χ1v) is 8.91. The molecule has 0 bridgehead atoms. The molecule has 0 radical (unpaired) electrons. The molecule has 0 atom stereocenters. The van der Waals surface area contributed by atoms with Gasteiger partial charge in [0, 0.05) is 24.0 Å². The van der Waals surface area contributed by atoms with Crippen LogP contribution >= 0.6 is 0 Å². The molecule has 0 aliphatic rings. The number of carbonyl (C=O) groups excluding carboxylic acids is 1. The van der Waals surface area contributed by atoms with Gasteiger partial charge < -0.3 is 9.84 Å². The molecule has 4 aromatic rings. The predicted octanol–water partition coefficient (Wildman–Crippen LogP) is 3.83. The summed E-state index contributed by atoms with van der Waals surface area (Å²) in [6, 6.07) is 9.19. The molecule has 0 aliphatic heterocycles. The van der Waals surface area contributed by atoms with Crippen LogP contribution in [-0.2, 0) is 0 Å². The summed E-state index contributed by atoms with van der Waals surface area (Å²) in [5.74, 6) is 0.633. The number of imidazole rings is 1. The molecule has 0 unspecified atom stereocenters. The Morgan fingerprint density at radius 2 is 2.07 bits per heavy atom. The number of benzene rings is 1. The summed E-state index contributed by atoms with van der Waals surface area (Å²) >= 11 is 0. The van der Waals surface area contributed by atoms with E-state index in [1.165, 1.54) is 30.7 Å². The van der Waals surface area contributed by atoms with Gasteiger partial charge in [-0.25, -0.2) is 14.4 Å². The van der Waals surface area contributed by atoms with E-state index in [-0.39, 0.29) is 11.6 Å². The summed E-state index contributed by atoms with van der Waals surface area (Å²) in [7, 11) is 0. The number of hydrogen-bond acceptors (Lipinski definition) is 6. The van der Waals surface area contributed by atoms with E-state index < -0.39 is 11.7 Å². The lowest BCUT2D eigenvalue weighted by Gasteiger charge is -2.05. The molecule has 3 aromatic heterocycles. The minimum Gasteiger partial charge on any atom is -0.334 e. The van der Waals surface area contributed by atoms with Gasteiger partial charge in [0.2, 0.25) is 0 Å². The predicted molar refractivity (Wildman–Crippen MR) is 103 cm³/mol. The molecule has 0 aliphatic carbocycles. The average Bonchev–Trinajstić information content (AvgIpc) is 3.38. The molecular formula is C20H17FN6O2. The van der Waals surface area contributed by atoms with Gasteiger partial charge in [0.1, 0.15) is 17.8 Å². The van der Waals surface area contributed by atoms with Gasteiger partial charge in [-0.15, -0.1) is 0 Å². The fraction of sp³-hybridized carbons (Fsp3) is 0.150. The fourth-order valence-corrected chi connectivity index (χ4v) is 2.67. The van der Waals surface area contributed by atoms with E-state index in [0.717, 1.165) is 0 Å². The Morgan fingerprint density at radius 3 is 2.83 bits per heavy atom. The minimum absolute atomic E-state index is 0.124. The summed E-state index contributed by atoms with van der Waals surface area (Å²) in [4.78, 5) is 25.3. The van der Waals surface area contributed by atoms with Crippen LogP contribution < -0.4 is 5.32 Å². The van der Waals surface area contributed by atoms with Crippen LogP contribution in [0.25, 0.3) is 17.3 Å². The van der Waals surface area contributed by atoms with E-state index >= 15 is 0 Å². The van der Waals surface area contributed by atoms with Crippen LogP contribution in [0.15, 0.2) is 59.6 Å². The van der Waals surface area contributed by atoms with E-state index in [9.17, 15) is 9.18 Å². The zero-order chi connectivity index (χ0) is 20.4. The minimum atomic E-state index is -0.466. The lowest BCUT2D eigenvalue weighted by molar-refractivity contribution is 0.102. The van der Waals surface area contributed by atoms with Crippen molar-refractivity contribution in [1.29, 1.82) is 0 Å². The highest BCUT2D eigenvalue weighted by Crippen LogP contribution is 2.25. The number of aromatic nitrogens is 5. The average molecular weight is 392 g/mol. The molecule has 0 saturated heterocycles. The van der Waals surface area contributed by atoms with Gasteiger partial charge in [-0.05, 0) is 30.3 Å². The zero-order valence-electron chi connectivity index (χ0n) is 15.7. The van der Waals surface area contributed by atoms with Gasteiger partial charge in [-0.3, -0.25) is 9.36 Å². The zero-order valence-corrected chi connectivity index (χ0v) is 15.7. The van der Waals surface area contributed by atoms with Gasteiger partial charge in [0.25, 0.3) is 11.8 Å². The Labute approximate surface area is 165 Å². The molecule has 4 rings (SSSR count). The van der Waals surface area contributed by atoms with Gasteiger partial charge in [-0.1, -0.05) is 25.1 Å². The third-order valence-corrected chi connectivity index (χ3v) is 4.12. The molecule has 1 N–H and O–H groups in total. The third kappa shape index (κ3) is 3.88. The largest absolute Gasteiger partial charge is 0.334 e. The number of anilines is 1. The van der Waals surface area contributed by atoms with E-state index in [1.54, 1.807) is 29.0 Å². The van der Waals surface area contributed by atoms with Crippen LogP contribution in [0.5, 0.6) is 0 Å². The first kappa shape index (κ1) is 18.5. The third-order valence-electron chi connectivity index (χ3n) is 4.12. The van der Waals surface area contributed by atoms with Crippen molar-refractivity contribution in [2.45, 2.75) is 19.8 Å². The molecule has 0 saturated carbocycles. The van der Waals surface area contributed by atoms with Crippen molar-refractivity contribution in [2.75, 3.05) is 5.32 Å². The normalized spacial score (nSPS) is 11.0. The summed E-state index contributed by atoms with van der Waals surface area (Å²) in [6.07, 6.45) is 4.61. The van der Waals surface area contributed by atoms with Crippen molar-refractivity contribution in [3.05, 3.63) is 72.5 Å². The van der Waals surface area contributed by atoms with E-state index in [0.29, 0.717) is 28.8 Å². The maximum Gasteiger partial charge on any atom is 0.275 e. The number of rotatable bonds is 5. The second-order valence-corrected chi connectivity index (χ2v) is 6.62. The number of halogens is 1. The Balaban J connectivity index is 1.62. The van der Waals surface area contributed by atoms with E-state index in [2.05, 4.69) is 25.4 Å². The van der Waals surface area contributed by atoms with Crippen molar-refractivity contribution < 1.29 is 13.7 Å². The maximum absolute atomic E-state index is 13.3. The van der Waals surface area contributed by atoms with Gasteiger partial charge in [0.05, 0.1) is 5.56 Å². The lowest BCUT2D eigenvalue weighted by atomic mass is 10.2. The van der Waals surface area contributed by atoms with Crippen molar-refractivity contribution >= 4 is 11.6 Å². The summed E-state index contributed by atoms with van der Waals surface area (Å²) in [5, 5.41) is 6.59. The fourth-order valence-electron chi connectivity index (χ4n) is 2.67. The smallest absolute Gasteiger partial charge is 0.275 e. The number of hydrogen-bond donors (Lipinski definition) is 1. The molecule has 29 heavy (non-hydrogen) atoms. The molecule has 3 heterocycles. The monoisotopic (exact) mass is 392 g/mol. The molecule has 8 nitrogen and oxygen atoms in total. The topological polar surface area (TPSA) is 98.7 Å². The van der Waals surface area contributed by atoms with Gasteiger partial charge in [0.15, 0.2) is 11.6 Å². The van der Waals surface area contributed by atoms with Crippen molar-refractivity contribution in [3.63, 3.8) is 0 Å². The maximum atomic E-state index is 13.3. The Morgan fingerprint density at radius 1 is 1.21 bits per heavy atom. The first-order chi connectivity index (χ1) is 14.0. The molecule has 0 spiro atoms. The highest BCUT2D eigenvalue weighted by molar-refractivity contribution is 6.02. The standard InChI is InChI=1S/C20H17FN6O2/c1-12(2)17-25-20(29-26-17)15-7-4-8-22-18(15)27-10-16(23-11-27)19(28)24-14-6-3-5-13(21)9-14/h3-12H,1-2H3,(H,24,28). The van der Waals surface area contributed by atoms with Crippen LogP contribution in [0.1, 0.15) is 36.1 Å². The second-order valence-electron chi connectivity index (χ2n) is 6.62. The van der Waals surface area contributed by atoms with Crippen LogP contribution in [0.2, 0.25) is 0 Å².